The van der Waals surface area contributed by atoms with Crippen LogP contribution in [0, 0.1) is 10.1 Å². The monoisotopic (exact) mass is 339 g/mol. The summed E-state index contributed by atoms with van der Waals surface area (Å²) in [6.45, 7) is 0.633. The van der Waals surface area contributed by atoms with E-state index in [-0.39, 0.29) is 24.6 Å². The number of amides is 1. The van der Waals surface area contributed by atoms with Crippen molar-refractivity contribution in [2.24, 2.45) is 5.73 Å². The Morgan fingerprint density at radius 1 is 1.20 bits per heavy atom. The predicted octanol–water partition coefficient (Wildman–Crippen LogP) is 2.12. The number of hydrogen-bond donors (Lipinski definition) is 1. The smallest absolute Gasteiger partial charge is 0.370 e. The Hall–Kier alpha value is -3.42. The first-order valence-electron chi connectivity index (χ1n) is 7.75. The van der Waals surface area contributed by atoms with Crippen molar-refractivity contribution in [3.63, 3.8) is 0 Å². The van der Waals surface area contributed by atoms with E-state index in [0.717, 1.165) is 5.56 Å². The second-order valence-corrected chi connectivity index (χ2v) is 5.57. The standard InChI is InChI=1S/C17H17N5O3/c18-14(23)9-11-20(12-13-6-2-1-3-7-13)16-17(22(24)25)21-10-5-4-8-15(21)19-16/h1-8,10H,9,11-12H2,(H2,18,23). The summed E-state index contributed by atoms with van der Waals surface area (Å²) in [6, 6.07) is 14.7. The highest BCUT2D eigenvalue weighted by molar-refractivity contribution is 5.74. The number of aromatic nitrogens is 2. The van der Waals surface area contributed by atoms with Gasteiger partial charge in [-0.15, -0.1) is 0 Å². The average Bonchev–Trinajstić information content (AvgIpc) is 2.99. The van der Waals surface area contributed by atoms with Crippen LogP contribution in [0.15, 0.2) is 54.7 Å². The molecule has 0 saturated carbocycles. The van der Waals surface area contributed by atoms with Gasteiger partial charge in [0.15, 0.2) is 0 Å². The number of nitro groups is 1. The molecule has 0 atom stereocenters. The number of rotatable bonds is 7. The summed E-state index contributed by atoms with van der Waals surface area (Å²) in [6.07, 6.45) is 1.68. The molecule has 128 valence electrons. The normalized spacial score (nSPS) is 10.7. The van der Waals surface area contributed by atoms with Crippen LogP contribution in [-0.2, 0) is 11.3 Å². The molecule has 0 bridgehead atoms. The zero-order valence-corrected chi connectivity index (χ0v) is 13.4. The zero-order valence-electron chi connectivity index (χ0n) is 13.4. The summed E-state index contributed by atoms with van der Waals surface area (Å²) in [5.74, 6) is -0.373. The molecule has 0 aliphatic rings. The minimum atomic E-state index is -0.468. The van der Waals surface area contributed by atoms with Gasteiger partial charge in [-0.25, -0.2) is 0 Å². The van der Waals surface area contributed by atoms with E-state index in [1.165, 1.54) is 4.40 Å². The third-order valence-corrected chi connectivity index (χ3v) is 3.80. The number of nitrogens with zero attached hydrogens (tertiary/aromatic N) is 4. The molecular weight excluding hydrogens is 322 g/mol. The van der Waals surface area contributed by atoms with E-state index < -0.39 is 10.8 Å². The molecule has 1 aromatic carbocycles. The SMILES string of the molecule is NC(=O)CCN(Cc1ccccc1)c1nc2ccccn2c1[N+](=O)[O-]. The molecule has 0 saturated heterocycles. The van der Waals surface area contributed by atoms with Gasteiger partial charge in [0.05, 0.1) is 6.20 Å². The van der Waals surface area contributed by atoms with Gasteiger partial charge in [-0.2, -0.15) is 9.38 Å². The number of carbonyl (C=O) groups is 1. The molecule has 0 spiro atoms. The van der Waals surface area contributed by atoms with Gasteiger partial charge in [-0.05, 0) is 16.6 Å². The number of benzene rings is 1. The molecule has 3 rings (SSSR count). The minimum Gasteiger partial charge on any atom is -0.370 e. The van der Waals surface area contributed by atoms with E-state index >= 15 is 0 Å². The lowest BCUT2D eigenvalue weighted by molar-refractivity contribution is -0.389. The van der Waals surface area contributed by atoms with Crippen LogP contribution in [-0.4, -0.2) is 26.8 Å². The number of primary amides is 1. The Morgan fingerprint density at radius 3 is 2.60 bits per heavy atom. The third-order valence-electron chi connectivity index (χ3n) is 3.80. The number of imidazole rings is 1. The molecule has 0 radical (unpaired) electrons. The van der Waals surface area contributed by atoms with Gasteiger partial charge in [-0.1, -0.05) is 36.4 Å². The molecule has 0 unspecified atom stereocenters. The Kier molecular flexibility index (Phi) is 4.60. The van der Waals surface area contributed by atoms with Gasteiger partial charge in [0.2, 0.25) is 17.4 Å². The number of carbonyl (C=O) groups excluding carboxylic acids is 1. The maximum atomic E-state index is 11.6. The Morgan fingerprint density at radius 2 is 1.92 bits per heavy atom. The minimum absolute atomic E-state index is 0.0812. The molecule has 2 N–H and O–H groups in total. The van der Waals surface area contributed by atoms with Crippen molar-refractivity contribution in [1.82, 2.24) is 9.38 Å². The maximum absolute atomic E-state index is 11.6. The van der Waals surface area contributed by atoms with Crippen molar-refractivity contribution < 1.29 is 9.72 Å². The van der Waals surface area contributed by atoms with Crippen molar-refractivity contribution >= 4 is 23.2 Å². The first-order valence-corrected chi connectivity index (χ1v) is 7.75. The maximum Gasteiger partial charge on any atom is 0.372 e. The molecule has 25 heavy (non-hydrogen) atoms. The lowest BCUT2D eigenvalue weighted by Gasteiger charge is -2.21. The van der Waals surface area contributed by atoms with Crippen molar-refractivity contribution in [1.29, 1.82) is 0 Å². The van der Waals surface area contributed by atoms with Gasteiger partial charge in [-0.3, -0.25) is 4.79 Å². The third kappa shape index (κ3) is 3.57. The van der Waals surface area contributed by atoms with Crippen LogP contribution in [0.2, 0.25) is 0 Å². The molecule has 0 fully saturated rings. The lowest BCUT2D eigenvalue weighted by Crippen LogP contribution is -2.28. The topological polar surface area (TPSA) is 107 Å². The second kappa shape index (κ2) is 7.00. The van der Waals surface area contributed by atoms with E-state index in [1.807, 2.05) is 30.3 Å². The highest BCUT2D eigenvalue weighted by Crippen LogP contribution is 2.30. The average molecular weight is 339 g/mol. The summed E-state index contributed by atoms with van der Waals surface area (Å²) in [5, 5.41) is 11.6. The van der Waals surface area contributed by atoms with Crippen LogP contribution in [0.25, 0.3) is 5.65 Å². The van der Waals surface area contributed by atoms with Gasteiger partial charge in [0, 0.05) is 25.6 Å². The molecule has 2 aromatic heterocycles. The summed E-state index contributed by atoms with van der Waals surface area (Å²) in [5.41, 5.74) is 6.69. The van der Waals surface area contributed by atoms with E-state index in [4.69, 9.17) is 5.73 Å². The number of anilines is 1. The van der Waals surface area contributed by atoms with E-state index in [2.05, 4.69) is 4.98 Å². The molecule has 2 heterocycles. The Balaban J connectivity index is 2.05. The van der Waals surface area contributed by atoms with Crippen LogP contribution in [0.3, 0.4) is 0 Å². The van der Waals surface area contributed by atoms with E-state index in [9.17, 15) is 14.9 Å². The van der Waals surface area contributed by atoms with Gasteiger partial charge >= 0.3 is 5.82 Å². The molecule has 0 aliphatic carbocycles. The van der Waals surface area contributed by atoms with E-state index in [1.54, 1.807) is 29.3 Å². The molecule has 8 nitrogen and oxygen atoms in total. The van der Waals surface area contributed by atoms with Crippen molar-refractivity contribution in [3.8, 4) is 0 Å². The van der Waals surface area contributed by atoms with Crippen LogP contribution < -0.4 is 10.6 Å². The van der Waals surface area contributed by atoms with Crippen molar-refractivity contribution in [2.45, 2.75) is 13.0 Å². The quantitative estimate of drug-likeness (QED) is 0.524. The highest BCUT2D eigenvalue weighted by Gasteiger charge is 2.27. The molecule has 1 amide bonds. The highest BCUT2D eigenvalue weighted by atomic mass is 16.6. The van der Waals surface area contributed by atoms with E-state index in [0.29, 0.717) is 12.2 Å². The Labute approximate surface area is 143 Å². The number of nitrogens with two attached hydrogens (primary N) is 1. The first-order chi connectivity index (χ1) is 12.1. The zero-order chi connectivity index (χ0) is 17.8. The van der Waals surface area contributed by atoms with Gasteiger partial charge in [0.25, 0.3) is 0 Å². The first kappa shape index (κ1) is 16.4. The largest absolute Gasteiger partial charge is 0.372 e. The predicted molar refractivity (Wildman–Crippen MR) is 93.1 cm³/mol. The lowest BCUT2D eigenvalue weighted by atomic mass is 10.2. The van der Waals surface area contributed by atoms with Gasteiger partial charge < -0.3 is 20.7 Å². The summed E-state index contributed by atoms with van der Waals surface area (Å²) >= 11 is 0. The number of fused-ring (bicyclic) bond motifs is 1. The summed E-state index contributed by atoms with van der Waals surface area (Å²) in [7, 11) is 0. The molecular formula is C17H17N5O3. The number of pyridine rings is 1. The Bertz CT molecular complexity index is 907. The van der Waals surface area contributed by atoms with Crippen LogP contribution >= 0.6 is 0 Å². The fourth-order valence-corrected chi connectivity index (χ4v) is 2.66. The fraction of sp³-hybridized carbons (Fsp3) is 0.176. The summed E-state index contributed by atoms with van der Waals surface area (Å²) < 4.78 is 1.43. The molecule has 3 aromatic rings. The fourth-order valence-electron chi connectivity index (χ4n) is 2.66. The van der Waals surface area contributed by atoms with Crippen molar-refractivity contribution in [2.75, 3.05) is 11.4 Å². The second-order valence-electron chi connectivity index (χ2n) is 5.57. The molecule has 8 heteroatoms. The van der Waals surface area contributed by atoms with Crippen molar-refractivity contribution in [3.05, 3.63) is 70.4 Å². The van der Waals surface area contributed by atoms with Crippen LogP contribution in [0.5, 0.6) is 0 Å². The van der Waals surface area contributed by atoms with Crippen LogP contribution in [0.1, 0.15) is 12.0 Å². The molecule has 0 aliphatic heterocycles. The van der Waals surface area contributed by atoms with Gasteiger partial charge in [0.1, 0.15) is 0 Å². The van der Waals surface area contributed by atoms with Crippen LogP contribution in [0.4, 0.5) is 11.6 Å². The number of hydrogen-bond acceptors (Lipinski definition) is 5. The summed E-state index contributed by atoms with van der Waals surface area (Å²) in [4.78, 5) is 28.5.